The number of carbonyl (C=O) groups is 1. The van der Waals surface area contributed by atoms with Crippen LogP contribution in [0.3, 0.4) is 0 Å². The van der Waals surface area contributed by atoms with E-state index in [0.29, 0.717) is 0 Å². The average Bonchev–Trinajstić information content (AvgIpc) is 2.72. The number of carboxylic acids is 1. The van der Waals surface area contributed by atoms with Crippen molar-refractivity contribution in [2.24, 2.45) is 7.05 Å². The van der Waals surface area contributed by atoms with Crippen molar-refractivity contribution in [1.29, 1.82) is 0 Å². The number of aryl methyl sites for hydroxylation is 1. The molecule has 0 aliphatic carbocycles. The highest BCUT2D eigenvalue weighted by Crippen LogP contribution is 2.41. The number of hydrogen-bond donors (Lipinski definition) is 1. The number of aliphatic carboxylic acids is 1. The summed E-state index contributed by atoms with van der Waals surface area (Å²) in [5, 5.41) is 12.8. The van der Waals surface area contributed by atoms with Crippen LogP contribution >= 0.6 is 0 Å². The molecule has 0 atom stereocenters. The number of nitrogens with zero attached hydrogens (tertiary/aromatic N) is 2. The molecule has 1 aliphatic rings. The molecule has 0 amide bonds. The lowest BCUT2D eigenvalue weighted by molar-refractivity contribution is -0.150. The largest absolute Gasteiger partial charge is 0.481 e. The maximum absolute atomic E-state index is 13.0. The Hall–Kier alpha value is -1.57. The number of carboxylic acid groups (broad SMARTS) is 1. The molecule has 8 heteroatoms. The number of ether oxygens (including phenoxy) is 1. The van der Waals surface area contributed by atoms with Gasteiger partial charge in [0, 0.05) is 32.0 Å². The molecule has 1 N–H and O–H groups in total. The van der Waals surface area contributed by atoms with Gasteiger partial charge in [0.1, 0.15) is 5.41 Å². The van der Waals surface area contributed by atoms with Gasteiger partial charge in [-0.05, 0) is 12.8 Å². The summed E-state index contributed by atoms with van der Waals surface area (Å²) in [6, 6.07) is 0. The van der Waals surface area contributed by atoms with E-state index in [-0.39, 0.29) is 31.6 Å². The molecule has 1 fully saturated rings. The minimum atomic E-state index is -4.67. The molecular weight excluding hydrogens is 265 g/mol. The van der Waals surface area contributed by atoms with E-state index < -0.39 is 23.3 Å². The molecule has 0 bridgehead atoms. The fourth-order valence-electron chi connectivity index (χ4n) is 2.37. The summed E-state index contributed by atoms with van der Waals surface area (Å²) >= 11 is 0. The molecule has 0 aromatic carbocycles. The lowest BCUT2D eigenvalue weighted by atomic mass is 9.74. The summed E-state index contributed by atoms with van der Waals surface area (Å²) in [6.07, 6.45) is -3.51. The second kappa shape index (κ2) is 4.52. The van der Waals surface area contributed by atoms with Crippen LogP contribution in [0.5, 0.6) is 0 Å². The van der Waals surface area contributed by atoms with Gasteiger partial charge in [-0.3, -0.25) is 9.48 Å². The fourth-order valence-corrected chi connectivity index (χ4v) is 2.37. The predicted molar refractivity (Wildman–Crippen MR) is 57.6 cm³/mol. The highest BCUT2D eigenvalue weighted by atomic mass is 19.4. The predicted octanol–water partition coefficient (Wildman–Crippen LogP) is 1.57. The molecule has 1 saturated heterocycles. The minimum Gasteiger partial charge on any atom is -0.481 e. The first-order valence-corrected chi connectivity index (χ1v) is 5.70. The molecule has 19 heavy (non-hydrogen) atoms. The summed E-state index contributed by atoms with van der Waals surface area (Å²) < 4.78 is 44.9. The molecule has 1 aliphatic heterocycles. The summed E-state index contributed by atoms with van der Waals surface area (Å²) in [6.45, 7) is 0.247. The van der Waals surface area contributed by atoms with Gasteiger partial charge in [-0.25, -0.2) is 0 Å². The fraction of sp³-hybridized carbons (Fsp3) is 0.636. The smallest absolute Gasteiger partial charge is 0.435 e. The molecule has 0 spiro atoms. The first-order valence-electron chi connectivity index (χ1n) is 5.70. The van der Waals surface area contributed by atoms with Crippen LogP contribution in [-0.4, -0.2) is 34.1 Å². The molecular formula is C11H13F3N2O3. The van der Waals surface area contributed by atoms with Crippen LogP contribution in [0.1, 0.15) is 24.1 Å². The van der Waals surface area contributed by atoms with E-state index in [1.54, 1.807) is 0 Å². The zero-order chi connectivity index (χ0) is 14.3. The van der Waals surface area contributed by atoms with Crippen molar-refractivity contribution in [1.82, 2.24) is 9.78 Å². The zero-order valence-corrected chi connectivity index (χ0v) is 10.2. The molecule has 1 aromatic heterocycles. The topological polar surface area (TPSA) is 64.4 Å². The van der Waals surface area contributed by atoms with Gasteiger partial charge in [-0.1, -0.05) is 0 Å². The van der Waals surface area contributed by atoms with Crippen LogP contribution in [0.25, 0.3) is 0 Å². The van der Waals surface area contributed by atoms with Crippen molar-refractivity contribution in [3.63, 3.8) is 0 Å². The number of hydrogen-bond acceptors (Lipinski definition) is 3. The molecule has 0 saturated carbocycles. The van der Waals surface area contributed by atoms with Gasteiger partial charge in [0.2, 0.25) is 0 Å². The summed E-state index contributed by atoms with van der Waals surface area (Å²) in [5.74, 6) is -1.27. The van der Waals surface area contributed by atoms with Crippen molar-refractivity contribution in [3.8, 4) is 0 Å². The highest BCUT2D eigenvalue weighted by Gasteiger charge is 2.49. The van der Waals surface area contributed by atoms with Gasteiger partial charge in [-0.2, -0.15) is 18.3 Å². The lowest BCUT2D eigenvalue weighted by Crippen LogP contribution is -2.42. The van der Waals surface area contributed by atoms with Gasteiger partial charge >= 0.3 is 12.1 Å². The summed E-state index contributed by atoms with van der Waals surface area (Å²) in [5.41, 5.74) is -2.98. The van der Waals surface area contributed by atoms with Gasteiger partial charge in [-0.15, -0.1) is 0 Å². The quantitative estimate of drug-likeness (QED) is 0.892. The van der Waals surface area contributed by atoms with Gasteiger partial charge in [0.25, 0.3) is 0 Å². The van der Waals surface area contributed by atoms with E-state index in [9.17, 15) is 23.1 Å². The molecule has 106 valence electrons. The van der Waals surface area contributed by atoms with E-state index in [2.05, 4.69) is 5.10 Å². The number of aromatic nitrogens is 2. The van der Waals surface area contributed by atoms with Crippen molar-refractivity contribution in [2.45, 2.75) is 24.4 Å². The second-order valence-electron chi connectivity index (χ2n) is 4.56. The third kappa shape index (κ3) is 2.32. The third-order valence-corrected chi connectivity index (χ3v) is 3.37. The van der Waals surface area contributed by atoms with Crippen molar-refractivity contribution >= 4 is 5.97 Å². The molecule has 2 rings (SSSR count). The number of rotatable bonds is 2. The Morgan fingerprint density at radius 1 is 1.47 bits per heavy atom. The number of alkyl halides is 3. The van der Waals surface area contributed by atoms with Crippen LogP contribution in [0.4, 0.5) is 13.2 Å². The maximum atomic E-state index is 13.0. The second-order valence-corrected chi connectivity index (χ2v) is 4.56. The Labute approximate surface area is 107 Å². The molecule has 2 heterocycles. The van der Waals surface area contributed by atoms with Crippen molar-refractivity contribution in [3.05, 3.63) is 17.5 Å². The summed E-state index contributed by atoms with van der Waals surface area (Å²) in [4.78, 5) is 11.5. The van der Waals surface area contributed by atoms with Crippen LogP contribution in [-0.2, 0) is 28.2 Å². The molecule has 0 unspecified atom stereocenters. The molecule has 0 radical (unpaired) electrons. The van der Waals surface area contributed by atoms with E-state index in [1.165, 1.54) is 7.05 Å². The first kappa shape index (κ1) is 13.9. The highest BCUT2D eigenvalue weighted by molar-refractivity contribution is 5.82. The van der Waals surface area contributed by atoms with Gasteiger partial charge in [0.05, 0.1) is 0 Å². The Morgan fingerprint density at radius 3 is 2.53 bits per heavy atom. The van der Waals surface area contributed by atoms with Gasteiger partial charge in [0.15, 0.2) is 5.69 Å². The number of halogens is 3. The minimum absolute atomic E-state index is 0.0110. The van der Waals surface area contributed by atoms with E-state index in [1.807, 2.05) is 0 Å². The Bertz CT molecular complexity index is 490. The molecule has 5 nitrogen and oxygen atoms in total. The Kier molecular flexibility index (Phi) is 3.29. The van der Waals surface area contributed by atoms with Crippen molar-refractivity contribution in [2.75, 3.05) is 13.2 Å². The van der Waals surface area contributed by atoms with E-state index >= 15 is 0 Å². The van der Waals surface area contributed by atoms with Crippen LogP contribution in [0, 0.1) is 0 Å². The van der Waals surface area contributed by atoms with E-state index in [0.717, 1.165) is 10.9 Å². The maximum Gasteiger partial charge on any atom is 0.435 e. The standard InChI is InChI=1S/C11H13F3N2O3/c1-16-6-7(8(15-16)11(12,13)14)10(9(17)18)2-4-19-5-3-10/h6H,2-5H2,1H3,(H,17,18). The normalized spacial score (nSPS) is 19.4. The zero-order valence-electron chi connectivity index (χ0n) is 10.2. The molecule has 1 aromatic rings. The van der Waals surface area contributed by atoms with Crippen LogP contribution in [0.2, 0.25) is 0 Å². The summed E-state index contributed by atoms with van der Waals surface area (Å²) in [7, 11) is 1.34. The third-order valence-electron chi connectivity index (χ3n) is 3.37. The average molecular weight is 278 g/mol. The first-order chi connectivity index (χ1) is 8.77. The monoisotopic (exact) mass is 278 g/mol. The van der Waals surface area contributed by atoms with Crippen LogP contribution < -0.4 is 0 Å². The Balaban J connectivity index is 2.57. The Morgan fingerprint density at radius 2 is 2.05 bits per heavy atom. The van der Waals surface area contributed by atoms with Crippen LogP contribution in [0.15, 0.2) is 6.20 Å². The van der Waals surface area contributed by atoms with E-state index in [4.69, 9.17) is 4.74 Å². The van der Waals surface area contributed by atoms with Gasteiger partial charge < -0.3 is 9.84 Å². The lowest BCUT2D eigenvalue weighted by Gasteiger charge is -2.33. The van der Waals surface area contributed by atoms with Crippen molar-refractivity contribution < 1.29 is 27.8 Å². The SMILES string of the molecule is Cn1cc(C2(C(=O)O)CCOCC2)c(C(F)(F)F)n1.